The van der Waals surface area contributed by atoms with E-state index in [9.17, 15) is 0 Å². The molecule has 2 N–H and O–H groups in total. The molecule has 2 saturated heterocycles. The van der Waals surface area contributed by atoms with Gasteiger partial charge in [-0.05, 0) is 25.7 Å². The van der Waals surface area contributed by atoms with Gasteiger partial charge in [-0.25, -0.2) is 4.98 Å². The van der Waals surface area contributed by atoms with Gasteiger partial charge in [-0.3, -0.25) is 9.25 Å². The molecule has 0 aliphatic carbocycles. The van der Waals surface area contributed by atoms with Crippen molar-refractivity contribution in [2.24, 2.45) is 7.05 Å². The van der Waals surface area contributed by atoms with Gasteiger partial charge in [-0.1, -0.05) is 13.3 Å². The second-order valence-electron chi connectivity index (χ2n) is 6.01. The van der Waals surface area contributed by atoms with Crippen molar-refractivity contribution < 1.29 is 4.74 Å². The number of hydrogen-bond acceptors (Lipinski definition) is 4. The molecule has 2 aliphatic rings. The molecule has 4 rings (SSSR count). The largest absolute Gasteiger partial charge is 0.373 e. The molecule has 3 atom stereocenters. The predicted molar refractivity (Wildman–Crippen MR) is 76.5 cm³/mol. The first-order valence-electron chi connectivity index (χ1n) is 7.53. The van der Waals surface area contributed by atoms with Crippen LogP contribution in [0.2, 0.25) is 0 Å². The Morgan fingerprint density at radius 1 is 1.40 bits per heavy atom. The Hall–Kier alpha value is -1.56. The molecule has 2 bridgehead atoms. The maximum Gasteiger partial charge on any atom is 0.202 e. The van der Waals surface area contributed by atoms with Crippen LogP contribution in [0.5, 0.6) is 0 Å². The Kier molecular flexibility index (Phi) is 2.57. The zero-order valence-corrected chi connectivity index (χ0v) is 12.0. The highest BCUT2D eigenvalue weighted by molar-refractivity contribution is 5.78. The lowest BCUT2D eigenvalue weighted by atomic mass is 9.95. The molecule has 0 aromatic carbocycles. The van der Waals surface area contributed by atoms with Crippen LogP contribution in [0.3, 0.4) is 0 Å². The highest BCUT2D eigenvalue weighted by Gasteiger charge is 2.43. The molecule has 108 valence electrons. The van der Waals surface area contributed by atoms with Crippen molar-refractivity contribution in [1.29, 1.82) is 0 Å². The Labute approximate surface area is 117 Å². The number of nitrogen functional groups attached to an aromatic ring is 1. The van der Waals surface area contributed by atoms with E-state index in [0.29, 0.717) is 24.2 Å². The van der Waals surface area contributed by atoms with Gasteiger partial charge in [-0.2, -0.15) is 5.10 Å². The molecule has 2 aromatic heterocycles. The minimum atomic E-state index is 0.296. The molecule has 0 amide bonds. The van der Waals surface area contributed by atoms with E-state index in [1.165, 1.54) is 6.42 Å². The van der Waals surface area contributed by atoms with E-state index < -0.39 is 0 Å². The van der Waals surface area contributed by atoms with Gasteiger partial charge >= 0.3 is 0 Å². The molecule has 3 unspecified atom stereocenters. The highest BCUT2D eigenvalue weighted by Crippen LogP contribution is 2.44. The van der Waals surface area contributed by atoms with E-state index in [1.807, 2.05) is 11.7 Å². The Bertz CT molecular complexity index is 658. The first kappa shape index (κ1) is 12.2. The fourth-order valence-electron chi connectivity index (χ4n) is 3.83. The molecular formula is C14H21N5O. The summed E-state index contributed by atoms with van der Waals surface area (Å²) in [5.41, 5.74) is 9.27. The monoisotopic (exact) mass is 275 g/mol. The minimum absolute atomic E-state index is 0.296. The molecule has 0 saturated carbocycles. The normalized spacial score (nSPS) is 28.8. The summed E-state index contributed by atoms with van der Waals surface area (Å²) in [7, 11) is 1.98. The third-order valence-electron chi connectivity index (χ3n) is 4.66. The number of nitrogens with two attached hydrogens (primary N) is 1. The minimum Gasteiger partial charge on any atom is -0.373 e. The Balaban J connectivity index is 1.85. The highest BCUT2D eigenvalue weighted by atomic mass is 16.5. The Morgan fingerprint density at radius 3 is 2.90 bits per heavy atom. The van der Waals surface area contributed by atoms with Gasteiger partial charge in [0.15, 0.2) is 5.65 Å². The maximum absolute atomic E-state index is 6.20. The summed E-state index contributed by atoms with van der Waals surface area (Å²) >= 11 is 0. The summed E-state index contributed by atoms with van der Waals surface area (Å²) in [4.78, 5) is 4.58. The van der Waals surface area contributed by atoms with Crippen LogP contribution in [0.4, 0.5) is 5.95 Å². The molecular weight excluding hydrogens is 254 g/mol. The van der Waals surface area contributed by atoms with Crippen LogP contribution in [0.25, 0.3) is 11.2 Å². The number of fused-ring (bicyclic) bond motifs is 3. The zero-order chi connectivity index (χ0) is 13.9. The van der Waals surface area contributed by atoms with Crippen molar-refractivity contribution in [3.63, 3.8) is 0 Å². The van der Waals surface area contributed by atoms with Crippen molar-refractivity contribution >= 4 is 17.1 Å². The number of aromatic nitrogens is 4. The average Bonchev–Trinajstić information content (AvgIpc) is 3.13. The molecule has 0 spiro atoms. The summed E-state index contributed by atoms with van der Waals surface area (Å²) in [5.74, 6) is 0.603. The van der Waals surface area contributed by atoms with Gasteiger partial charge in [0.2, 0.25) is 5.95 Å². The number of ether oxygens (including phenoxy) is 1. The van der Waals surface area contributed by atoms with Crippen LogP contribution in [0.1, 0.15) is 44.3 Å². The summed E-state index contributed by atoms with van der Waals surface area (Å²) in [6.45, 7) is 2.16. The van der Waals surface area contributed by atoms with Crippen molar-refractivity contribution in [1.82, 2.24) is 19.3 Å². The van der Waals surface area contributed by atoms with E-state index in [4.69, 9.17) is 10.5 Å². The number of rotatable bonds is 3. The van der Waals surface area contributed by atoms with Crippen molar-refractivity contribution in [2.45, 2.75) is 57.3 Å². The molecule has 4 heterocycles. The van der Waals surface area contributed by atoms with Crippen LogP contribution >= 0.6 is 0 Å². The molecule has 6 heteroatoms. The van der Waals surface area contributed by atoms with Crippen LogP contribution in [-0.4, -0.2) is 31.5 Å². The van der Waals surface area contributed by atoms with E-state index in [2.05, 4.69) is 21.6 Å². The fourth-order valence-corrected chi connectivity index (χ4v) is 3.83. The molecule has 20 heavy (non-hydrogen) atoms. The molecule has 6 nitrogen and oxygen atoms in total. The quantitative estimate of drug-likeness (QED) is 0.927. The molecule has 0 radical (unpaired) electrons. The van der Waals surface area contributed by atoms with Crippen LogP contribution < -0.4 is 5.73 Å². The van der Waals surface area contributed by atoms with Gasteiger partial charge in [0.25, 0.3) is 0 Å². The van der Waals surface area contributed by atoms with Gasteiger partial charge in [0.1, 0.15) is 5.52 Å². The lowest BCUT2D eigenvalue weighted by Crippen LogP contribution is -2.23. The standard InChI is InChI=1S/C14H21N5O/c1-3-4-9-12-13(18(2)17-9)19(14(15)16-12)10-7-8-5-6-11(10)20-8/h8,10-11H,3-7H2,1-2H3,(H2,15,16). The molecule has 2 aromatic rings. The third-order valence-corrected chi connectivity index (χ3v) is 4.66. The number of hydrogen-bond donors (Lipinski definition) is 1. The third kappa shape index (κ3) is 1.54. The lowest BCUT2D eigenvalue weighted by Gasteiger charge is -2.21. The average molecular weight is 275 g/mol. The fraction of sp³-hybridized carbons (Fsp3) is 0.714. The van der Waals surface area contributed by atoms with Crippen LogP contribution in [0, 0.1) is 0 Å². The number of nitrogens with zero attached hydrogens (tertiary/aromatic N) is 4. The number of aryl methyl sites for hydroxylation is 2. The van der Waals surface area contributed by atoms with Gasteiger partial charge in [-0.15, -0.1) is 0 Å². The summed E-state index contributed by atoms with van der Waals surface area (Å²) in [6, 6.07) is 0.323. The van der Waals surface area contributed by atoms with Gasteiger partial charge < -0.3 is 10.5 Å². The predicted octanol–water partition coefficient (Wildman–Crippen LogP) is 1.80. The first-order chi connectivity index (χ1) is 9.69. The van der Waals surface area contributed by atoms with Crippen LogP contribution in [0.15, 0.2) is 0 Å². The lowest BCUT2D eigenvalue weighted by molar-refractivity contribution is 0.0944. The van der Waals surface area contributed by atoms with Crippen molar-refractivity contribution in [3.8, 4) is 0 Å². The second kappa shape index (κ2) is 4.22. The smallest absolute Gasteiger partial charge is 0.202 e. The van der Waals surface area contributed by atoms with Gasteiger partial charge in [0.05, 0.1) is 23.9 Å². The summed E-state index contributed by atoms with van der Waals surface area (Å²) in [6.07, 6.45) is 6.08. The van der Waals surface area contributed by atoms with Crippen molar-refractivity contribution in [3.05, 3.63) is 5.69 Å². The van der Waals surface area contributed by atoms with E-state index >= 15 is 0 Å². The summed E-state index contributed by atoms with van der Waals surface area (Å²) < 4.78 is 10.1. The number of anilines is 1. The maximum atomic E-state index is 6.20. The van der Waals surface area contributed by atoms with Crippen LogP contribution in [-0.2, 0) is 18.2 Å². The van der Waals surface area contributed by atoms with E-state index in [0.717, 1.165) is 42.5 Å². The Morgan fingerprint density at radius 2 is 2.25 bits per heavy atom. The van der Waals surface area contributed by atoms with Gasteiger partial charge in [0, 0.05) is 7.05 Å². The molecule has 2 fully saturated rings. The summed E-state index contributed by atoms with van der Waals surface area (Å²) in [5, 5.41) is 4.61. The number of imidazole rings is 1. The topological polar surface area (TPSA) is 70.9 Å². The second-order valence-corrected chi connectivity index (χ2v) is 6.01. The van der Waals surface area contributed by atoms with E-state index in [-0.39, 0.29) is 0 Å². The van der Waals surface area contributed by atoms with Crippen molar-refractivity contribution in [2.75, 3.05) is 5.73 Å². The molecule has 2 aliphatic heterocycles. The SMILES string of the molecule is CCCc1nn(C)c2c1nc(N)n2C1CC2CCC1O2. The zero-order valence-electron chi connectivity index (χ0n) is 12.0. The first-order valence-corrected chi connectivity index (χ1v) is 7.53. The van der Waals surface area contributed by atoms with E-state index in [1.54, 1.807) is 0 Å².